The smallest absolute Gasteiger partial charge is 0.295 e. The van der Waals surface area contributed by atoms with Crippen molar-refractivity contribution < 1.29 is 4.92 Å². The Morgan fingerprint density at radius 1 is 1.42 bits per heavy atom. The lowest BCUT2D eigenvalue weighted by Crippen LogP contribution is -2.06. The van der Waals surface area contributed by atoms with E-state index in [2.05, 4.69) is 15.4 Å². The Kier molecular flexibility index (Phi) is 2.55. The molecule has 1 aliphatic carbocycles. The van der Waals surface area contributed by atoms with Gasteiger partial charge < -0.3 is 11.1 Å². The second kappa shape index (κ2) is 4.23. The number of hydrogen-bond acceptors (Lipinski definition) is 6. The number of rotatable bonds is 4. The molecule has 19 heavy (non-hydrogen) atoms. The van der Waals surface area contributed by atoms with Crippen LogP contribution in [0.25, 0.3) is 5.69 Å². The molecule has 8 nitrogen and oxygen atoms in total. The third-order valence-electron chi connectivity index (χ3n) is 2.85. The third kappa shape index (κ3) is 2.19. The van der Waals surface area contributed by atoms with Gasteiger partial charge in [-0.2, -0.15) is 9.67 Å². The maximum absolute atomic E-state index is 11.0. The van der Waals surface area contributed by atoms with Crippen molar-refractivity contribution in [2.75, 3.05) is 11.1 Å². The zero-order valence-corrected chi connectivity index (χ0v) is 9.98. The molecule has 1 aliphatic rings. The van der Waals surface area contributed by atoms with Gasteiger partial charge in [0.2, 0.25) is 11.9 Å². The first kappa shape index (κ1) is 11.5. The molecular formula is C11H12N6O2. The van der Waals surface area contributed by atoms with Crippen molar-refractivity contribution >= 4 is 17.6 Å². The molecule has 0 amide bonds. The van der Waals surface area contributed by atoms with Crippen LogP contribution in [0.4, 0.5) is 17.6 Å². The summed E-state index contributed by atoms with van der Waals surface area (Å²) in [4.78, 5) is 14.6. The average Bonchev–Trinajstić information content (AvgIpc) is 3.12. The number of aromatic nitrogens is 3. The Labute approximate surface area is 108 Å². The number of para-hydroxylation sites is 2. The predicted octanol–water partition coefficient (Wildman–Crippen LogP) is 1.33. The van der Waals surface area contributed by atoms with Crippen LogP contribution in [0.2, 0.25) is 0 Å². The SMILES string of the molecule is Nc1nc(NC2CC2)nn1-c1ccccc1[N+](=O)[O-]. The summed E-state index contributed by atoms with van der Waals surface area (Å²) in [6, 6.07) is 6.67. The maximum Gasteiger partial charge on any atom is 0.295 e. The van der Waals surface area contributed by atoms with Gasteiger partial charge in [-0.15, -0.1) is 5.10 Å². The van der Waals surface area contributed by atoms with Crippen molar-refractivity contribution in [1.82, 2.24) is 14.8 Å². The molecule has 0 bridgehead atoms. The molecule has 2 aromatic rings. The lowest BCUT2D eigenvalue weighted by molar-refractivity contribution is -0.384. The monoisotopic (exact) mass is 260 g/mol. The highest BCUT2D eigenvalue weighted by atomic mass is 16.6. The Bertz CT molecular complexity index is 634. The molecule has 0 unspecified atom stereocenters. The van der Waals surface area contributed by atoms with Crippen molar-refractivity contribution in [3.05, 3.63) is 34.4 Å². The van der Waals surface area contributed by atoms with E-state index in [0.717, 1.165) is 12.8 Å². The maximum atomic E-state index is 11.0. The Morgan fingerprint density at radius 2 is 2.16 bits per heavy atom. The van der Waals surface area contributed by atoms with Gasteiger partial charge in [-0.25, -0.2) is 0 Å². The molecule has 3 N–H and O–H groups in total. The van der Waals surface area contributed by atoms with Gasteiger partial charge in [-0.05, 0) is 18.9 Å². The van der Waals surface area contributed by atoms with E-state index in [1.54, 1.807) is 18.2 Å². The molecule has 1 fully saturated rings. The third-order valence-corrected chi connectivity index (χ3v) is 2.85. The molecule has 0 spiro atoms. The molecule has 3 rings (SSSR count). The van der Waals surface area contributed by atoms with E-state index in [4.69, 9.17) is 5.73 Å². The first-order valence-corrected chi connectivity index (χ1v) is 5.88. The van der Waals surface area contributed by atoms with Gasteiger partial charge in [-0.1, -0.05) is 12.1 Å². The van der Waals surface area contributed by atoms with Gasteiger partial charge >= 0.3 is 0 Å². The normalized spacial score (nSPS) is 14.3. The van der Waals surface area contributed by atoms with Gasteiger partial charge in [0.1, 0.15) is 5.69 Å². The zero-order valence-electron chi connectivity index (χ0n) is 9.98. The van der Waals surface area contributed by atoms with E-state index in [1.165, 1.54) is 10.7 Å². The second-order valence-electron chi connectivity index (χ2n) is 4.37. The highest BCUT2D eigenvalue weighted by Gasteiger charge is 2.24. The van der Waals surface area contributed by atoms with E-state index in [-0.39, 0.29) is 11.6 Å². The van der Waals surface area contributed by atoms with E-state index >= 15 is 0 Å². The molecule has 1 heterocycles. The van der Waals surface area contributed by atoms with Crippen LogP contribution < -0.4 is 11.1 Å². The number of nitrogens with one attached hydrogen (secondary N) is 1. The minimum atomic E-state index is -0.468. The molecular weight excluding hydrogens is 248 g/mol. The van der Waals surface area contributed by atoms with Crippen molar-refractivity contribution in [2.45, 2.75) is 18.9 Å². The minimum absolute atomic E-state index is 0.0583. The fourth-order valence-corrected chi connectivity index (χ4v) is 1.77. The first-order valence-electron chi connectivity index (χ1n) is 5.88. The number of benzene rings is 1. The summed E-state index contributed by atoms with van der Waals surface area (Å²) in [6.45, 7) is 0. The lowest BCUT2D eigenvalue weighted by atomic mass is 10.3. The number of nitrogens with zero attached hydrogens (tertiary/aromatic N) is 4. The molecule has 8 heteroatoms. The highest BCUT2D eigenvalue weighted by Crippen LogP contribution is 2.26. The van der Waals surface area contributed by atoms with Gasteiger partial charge in [0.15, 0.2) is 0 Å². The molecule has 0 aliphatic heterocycles. The summed E-state index contributed by atoms with van der Waals surface area (Å²) in [5.41, 5.74) is 6.01. The number of nitrogen functional groups attached to an aromatic ring is 1. The van der Waals surface area contributed by atoms with Crippen LogP contribution in [0, 0.1) is 10.1 Å². The second-order valence-corrected chi connectivity index (χ2v) is 4.37. The Balaban J connectivity index is 2.01. The van der Waals surface area contributed by atoms with Gasteiger partial charge in [0, 0.05) is 12.1 Å². The topological polar surface area (TPSA) is 112 Å². The van der Waals surface area contributed by atoms with Gasteiger partial charge in [-0.3, -0.25) is 10.1 Å². The molecule has 0 radical (unpaired) electrons. The first-order chi connectivity index (χ1) is 9.15. The molecule has 98 valence electrons. The van der Waals surface area contributed by atoms with Crippen molar-refractivity contribution in [1.29, 1.82) is 0 Å². The van der Waals surface area contributed by atoms with E-state index < -0.39 is 4.92 Å². The zero-order chi connectivity index (χ0) is 13.4. The summed E-state index contributed by atoms with van der Waals surface area (Å²) >= 11 is 0. The number of anilines is 2. The predicted molar refractivity (Wildman–Crippen MR) is 69.1 cm³/mol. The molecule has 1 saturated carbocycles. The Morgan fingerprint density at radius 3 is 2.84 bits per heavy atom. The van der Waals surface area contributed by atoms with Gasteiger partial charge in [0.25, 0.3) is 5.69 Å². The fraction of sp³-hybridized carbons (Fsp3) is 0.273. The van der Waals surface area contributed by atoms with Gasteiger partial charge in [0.05, 0.1) is 4.92 Å². The van der Waals surface area contributed by atoms with Crippen LogP contribution in [0.1, 0.15) is 12.8 Å². The molecule has 1 aromatic carbocycles. The fourth-order valence-electron chi connectivity index (χ4n) is 1.77. The van der Waals surface area contributed by atoms with Crippen molar-refractivity contribution in [3.8, 4) is 5.69 Å². The number of nitrogens with two attached hydrogens (primary N) is 1. The van der Waals surface area contributed by atoms with Crippen molar-refractivity contribution in [3.63, 3.8) is 0 Å². The number of nitro groups is 1. The standard InChI is InChI=1S/C11H12N6O2/c12-10-14-11(13-7-5-6-7)15-16(10)8-3-1-2-4-9(8)17(18)19/h1-4,7H,5-6H2,(H3,12,13,14,15). The number of nitro benzene ring substituents is 1. The molecule has 0 atom stereocenters. The highest BCUT2D eigenvalue weighted by molar-refractivity contribution is 5.55. The molecule has 0 saturated heterocycles. The minimum Gasteiger partial charge on any atom is -0.368 e. The lowest BCUT2D eigenvalue weighted by Gasteiger charge is -2.02. The van der Waals surface area contributed by atoms with E-state index in [0.29, 0.717) is 17.7 Å². The summed E-state index contributed by atoms with van der Waals surface area (Å²) in [7, 11) is 0. The van der Waals surface area contributed by atoms with E-state index in [1.807, 2.05) is 0 Å². The number of hydrogen-bond donors (Lipinski definition) is 2. The average molecular weight is 260 g/mol. The quantitative estimate of drug-likeness (QED) is 0.633. The summed E-state index contributed by atoms with van der Waals surface area (Å²) in [5, 5.41) is 18.3. The summed E-state index contributed by atoms with van der Waals surface area (Å²) in [6.07, 6.45) is 2.17. The van der Waals surface area contributed by atoms with E-state index in [9.17, 15) is 10.1 Å². The summed E-state index contributed by atoms with van der Waals surface area (Å²) < 4.78 is 1.28. The largest absolute Gasteiger partial charge is 0.368 e. The van der Waals surface area contributed by atoms with Crippen LogP contribution in [-0.4, -0.2) is 25.7 Å². The van der Waals surface area contributed by atoms with Crippen LogP contribution in [0.5, 0.6) is 0 Å². The van der Waals surface area contributed by atoms with Crippen LogP contribution in [-0.2, 0) is 0 Å². The van der Waals surface area contributed by atoms with Crippen LogP contribution in [0.15, 0.2) is 24.3 Å². The molecule has 1 aromatic heterocycles. The van der Waals surface area contributed by atoms with Crippen LogP contribution in [0.3, 0.4) is 0 Å². The van der Waals surface area contributed by atoms with Crippen LogP contribution >= 0.6 is 0 Å². The van der Waals surface area contributed by atoms with Crippen molar-refractivity contribution in [2.24, 2.45) is 0 Å². The Hall–Kier alpha value is -2.64. The summed E-state index contributed by atoms with van der Waals surface area (Å²) in [5.74, 6) is 0.524.